The molecule has 2 N–H and O–H groups in total. The summed E-state index contributed by atoms with van der Waals surface area (Å²) in [5.41, 5.74) is 7.53. The zero-order valence-electron chi connectivity index (χ0n) is 12.5. The number of nitrogens with two attached hydrogens (primary N) is 1. The number of anilines is 1. The van der Waals surface area contributed by atoms with E-state index in [1.54, 1.807) is 0 Å². The Balaban J connectivity index is 1.99. The molecule has 2 atom stereocenters. The maximum Gasteiger partial charge on any atom is 0.182 e. The van der Waals surface area contributed by atoms with E-state index in [1.807, 2.05) is 29.8 Å². The van der Waals surface area contributed by atoms with Crippen LogP contribution in [0.3, 0.4) is 0 Å². The van der Waals surface area contributed by atoms with Crippen LogP contribution in [0.4, 0.5) is 5.69 Å². The van der Waals surface area contributed by atoms with Gasteiger partial charge < -0.3 is 10.5 Å². The first kappa shape index (κ1) is 13.9. The lowest BCUT2D eigenvalue weighted by Crippen LogP contribution is -2.14. The zero-order chi connectivity index (χ0) is 14.8. The number of hydrogen-bond donors (Lipinski definition) is 1. The minimum atomic E-state index is 0.368. The molecule has 0 amide bonds. The summed E-state index contributed by atoms with van der Waals surface area (Å²) < 4.78 is 7.50. The summed E-state index contributed by atoms with van der Waals surface area (Å²) >= 11 is 0. The highest BCUT2D eigenvalue weighted by molar-refractivity contribution is 5.64. The second-order valence-electron chi connectivity index (χ2n) is 5.65. The molecule has 21 heavy (non-hydrogen) atoms. The van der Waals surface area contributed by atoms with E-state index in [9.17, 15) is 0 Å². The Bertz CT molecular complexity index is 624. The number of tetrazole rings is 1. The molecule has 2 unspecified atom stereocenters. The van der Waals surface area contributed by atoms with Gasteiger partial charge in [0.2, 0.25) is 0 Å². The summed E-state index contributed by atoms with van der Waals surface area (Å²) in [4.78, 5) is 0. The fourth-order valence-electron chi connectivity index (χ4n) is 3.10. The molecule has 112 valence electrons. The van der Waals surface area contributed by atoms with Crippen LogP contribution in [0.1, 0.15) is 39.2 Å². The lowest BCUT2D eigenvalue weighted by molar-refractivity contribution is 0.340. The molecule has 1 aliphatic carbocycles. The molecule has 0 radical (unpaired) electrons. The van der Waals surface area contributed by atoms with E-state index in [2.05, 4.69) is 22.4 Å². The predicted molar refractivity (Wildman–Crippen MR) is 80.9 cm³/mol. The second kappa shape index (κ2) is 5.71. The van der Waals surface area contributed by atoms with E-state index < -0.39 is 0 Å². The molecule has 0 saturated heterocycles. The third kappa shape index (κ3) is 2.70. The van der Waals surface area contributed by atoms with Gasteiger partial charge in [-0.3, -0.25) is 0 Å². The van der Waals surface area contributed by atoms with Crippen LogP contribution in [-0.4, -0.2) is 26.8 Å². The standard InChI is InChI=1S/C15H21N5O/c1-3-21-13-8-11(7-12(16)9-13)15-17-18-19-20(15)14-6-4-5-10(14)2/h7-10,14H,3-6,16H2,1-2H3. The first-order chi connectivity index (χ1) is 10.2. The zero-order valence-corrected chi connectivity index (χ0v) is 12.5. The lowest BCUT2D eigenvalue weighted by atomic mass is 10.1. The summed E-state index contributed by atoms with van der Waals surface area (Å²) in [7, 11) is 0. The van der Waals surface area contributed by atoms with Gasteiger partial charge in [0, 0.05) is 17.3 Å². The third-order valence-electron chi connectivity index (χ3n) is 4.12. The van der Waals surface area contributed by atoms with Crippen molar-refractivity contribution < 1.29 is 4.74 Å². The highest BCUT2D eigenvalue weighted by Crippen LogP contribution is 2.37. The van der Waals surface area contributed by atoms with Crippen LogP contribution in [0.25, 0.3) is 11.4 Å². The van der Waals surface area contributed by atoms with Gasteiger partial charge >= 0.3 is 0 Å². The van der Waals surface area contributed by atoms with Crippen molar-refractivity contribution in [1.82, 2.24) is 20.2 Å². The van der Waals surface area contributed by atoms with Crippen LogP contribution >= 0.6 is 0 Å². The Hall–Kier alpha value is -2.11. The molecule has 3 rings (SSSR count). The number of benzene rings is 1. The molecular formula is C15H21N5O. The third-order valence-corrected chi connectivity index (χ3v) is 4.12. The molecule has 1 saturated carbocycles. The van der Waals surface area contributed by atoms with Gasteiger partial charge in [-0.1, -0.05) is 13.3 Å². The van der Waals surface area contributed by atoms with E-state index in [0.29, 0.717) is 24.3 Å². The molecule has 6 heteroatoms. The molecule has 0 spiro atoms. The Morgan fingerprint density at radius 3 is 2.90 bits per heavy atom. The van der Waals surface area contributed by atoms with E-state index in [-0.39, 0.29) is 0 Å². The van der Waals surface area contributed by atoms with Crippen molar-refractivity contribution in [1.29, 1.82) is 0 Å². The van der Waals surface area contributed by atoms with Crippen molar-refractivity contribution in [2.45, 2.75) is 39.2 Å². The van der Waals surface area contributed by atoms with Gasteiger partial charge in [-0.15, -0.1) is 5.10 Å². The number of hydrogen-bond acceptors (Lipinski definition) is 5. The fourth-order valence-corrected chi connectivity index (χ4v) is 3.10. The normalized spacial score (nSPS) is 21.6. The highest BCUT2D eigenvalue weighted by atomic mass is 16.5. The van der Waals surface area contributed by atoms with E-state index in [4.69, 9.17) is 10.5 Å². The quantitative estimate of drug-likeness (QED) is 0.875. The fraction of sp³-hybridized carbons (Fsp3) is 0.533. The van der Waals surface area contributed by atoms with Crippen LogP contribution in [0.2, 0.25) is 0 Å². The van der Waals surface area contributed by atoms with Crippen molar-refractivity contribution in [2.75, 3.05) is 12.3 Å². The Kier molecular flexibility index (Phi) is 3.77. The van der Waals surface area contributed by atoms with Gasteiger partial charge in [0.25, 0.3) is 0 Å². The van der Waals surface area contributed by atoms with Gasteiger partial charge in [-0.25, -0.2) is 4.68 Å². The largest absolute Gasteiger partial charge is 0.494 e. The molecule has 2 aromatic rings. The maximum atomic E-state index is 5.97. The molecule has 6 nitrogen and oxygen atoms in total. The molecule has 1 aromatic carbocycles. The minimum Gasteiger partial charge on any atom is -0.494 e. The molecule has 1 heterocycles. The van der Waals surface area contributed by atoms with E-state index in [0.717, 1.165) is 23.6 Å². The number of nitrogens with zero attached hydrogens (tertiary/aromatic N) is 4. The molecular weight excluding hydrogens is 266 g/mol. The van der Waals surface area contributed by atoms with Crippen LogP contribution in [0.5, 0.6) is 5.75 Å². The first-order valence-corrected chi connectivity index (χ1v) is 7.50. The van der Waals surface area contributed by atoms with E-state index >= 15 is 0 Å². The van der Waals surface area contributed by atoms with Crippen LogP contribution in [0.15, 0.2) is 18.2 Å². The molecule has 1 aromatic heterocycles. The topological polar surface area (TPSA) is 78.8 Å². The average molecular weight is 287 g/mol. The van der Waals surface area contributed by atoms with Crippen molar-refractivity contribution >= 4 is 5.69 Å². The lowest BCUT2D eigenvalue weighted by Gasteiger charge is -2.17. The van der Waals surface area contributed by atoms with Gasteiger partial charge in [-0.05, 0) is 48.2 Å². The number of ether oxygens (including phenoxy) is 1. The van der Waals surface area contributed by atoms with Gasteiger partial charge in [0.1, 0.15) is 5.75 Å². The van der Waals surface area contributed by atoms with Gasteiger partial charge in [-0.2, -0.15) is 0 Å². The van der Waals surface area contributed by atoms with Crippen molar-refractivity contribution in [3.05, 3.63) is 18.2 Å². The minimum absolute atomic E-state index is 0.368. The summed E-state index contributed by atoms with van der Waals surface area (Å²) in [6.45, 7) is 4.81. The average Bonchev–Trinajstić information content (AvgIpc) is 3.06. The Morgan fingerprint density at radius 2 is 2.19 bits per heavy atom. The monoisotopic (exact) mass is 287 g/mol. The maximum absolute atomic E-state index is 5.97. The summed E-state index contributed by atoms with van der Waals surface area (Å²) in [6, 6.07) is 6.03. The van der Waals surface area contributed by atoms with Gasteiger partial charge in [0.15, 0.2) is 5.82 Å². The molecule has 0 bridgehead atoms. The van der Waals surface area contributed by atoms with Crippen molar-refractivity contribution in [3.63, 3.8) is 0 Å². The van der Waals surface area contributed by atoms with Crippen LogP contribution < -0.4 is 10.5 Å². The van der Waals surface area contributed by atoms with Crippen molar-refractivity contribution in [3.8, 4) is 17.1 Å². The Labute approximate surface area is 124 Å². The van der Waals surface area contributed by atoms with Crippen molar-refractivity contribution in [2.24, 2.45) is 5.92 Å². The first-order valence-electron chi connectivity index (χ1n) is 7.50. The Morgan fingerprint density at radius 1 is 1.33 bits per heavy atom. The van der Waals surface area contributed by atoms with Gasteiger partial charge in [0.05, 0.1) is 12.6 Å². The van der Waals surface area contributed by atoms with Crippen LogP contribution in [-0.2, 0) is 0 Å². The predicted octanol–water partition coefficient (Wildman–Crippen LogP) is 2.68. The molecule has 1 fully saturated rings. The number of nitrogen functional groups attached to an aromatic ring is 1. The highest BCUT2D eigenvalue weighted by Gasteiger charge is 2.28. The smallest absolute Gasteiger partial charge is 0.182 e. The molecule has 0 aliphatic heterocycles. The molecule has 1 aliphatic rings. The summed E-state index contributed by atoms with van der Waals surface area (Å²) in [5.74, 6) is 2.11. The summed E-state index contributed by atoms with van der Waals surface area (Å²) in [5, 5.41) is 12.3. The number of aromatic nitrogens is 4. The SMILES string of the molecule is CCOc1cc(N)cc(-c2nnnn2C2CCCC2C)c1. The number of rotatable bonds is 4. The van der Waals surface area contributed by atoms with Crippen LogP contribution in [0, 0.1) is 5.92 Å². The second-order valence-corrected chi connectivity index (χ2v) is 5.65. The summed E-state index contributed by atoms with van der Waals surface area (Å²) in [6.07, 6.45) is 3.58. The van der Waals surface area contributed by atoms with E-state index in [1.165, 1.54) is 12.8 Å².